The molecule has 1 aromatic heterocycles. The van der Waals surface area contributed by atoms with Gasteiger partial charge in [-0.3, -0.25) is 0 Å². The lowest BCUT2D eigenvalue weighted by Gasteiger charge is -2.16. The smallest absolute Gasteiger partial charge is 0.157 e. The summed E-state index contributed by atoms with van der Waals surface area (Å²) in [4.78, 5) is 5.83. The molecule has 31 heavy (non-hydrogen) atoms. The highest BCUT2D eigenvalue weighted by Gasteiger charge is 2.22. The van der Waals surface area contributed by atoms with Gasteiger partial charge in [0.2, 0.25) is 0 Å². The summed E-state index contributed by atoms with van der Waals surface area (Å²) >= 11 is 0. The van der Waals surface area contributed by atoms with E-state index in [9.17, 15) is 0 Å². The molecule has 0 saturated carbocycles. The fourth-order valence-electron chi connectivity index (χ4n) is 4.10. The van der Waals surface area contributed by atoms with Gasteiger partial charge < -0.3 is 15.1 Å². The van der Waals surface area contributed by atoms with Crippen LogP contribution in [0.3, 0.4) is 0 Å². The van der Waals surface area contributed by atoms with Crippen LogP contribution in [0.15, 0.2) is 108 Å². The van der Waals surface area contributed by atoms with Gasteiger partial charge in [-0.2, -0.15) is 0 Å². The molecule has 0 spiro atoms. The lowest BCUT2D eigenvalue weighted by atomic mass is 9.94. The molecule has 0 fully saturated rings. The zero-order valence-corrected chi connectivity index (χ0v) is 17.3. The highest BCUT2D eigenvalue weighted by Crippen LogP contribution is 2.33. The van der Waals surface area contributed by atoms with E-state index < -0.39 is 6.04 Å². The Labute approximate surface area is 181 Å². The lowest BCUT2D eigenvalue weighted by molar-refractivity contribution is 0.339. The Morgan fingerprint density at radius 2 is 1.42 bits per heavy atom. The molecule has 0 bridgehead atoms. The quantitative estimate of drug-likeness (QED) is 0.296. The fraction of sp³-hybridized carbons (Fsp3) is 0.0741. The number of hydrogen-bond acceptors (Lipinski definition) is 3. The van der Waals surface area contributed by atoms with Crippen LogP contribution in [-0.2, 0) is 7.05 Å². The number of hydrogen-bond donors (Lipinski definition) is 1. The third-order valence-corrected chi connectivity index (χ3v) is 5.66. The van der Waals surface area contributed by atoms with Crippen molar-refractivity contribution in [2.75, 3.05) is 0 Å². The largest absolute Gasteiger partial charge is 0.357 e. The van der Waals surface area contributed by atoms with Gasteiger partial charge in [0.25, 0.3) is 0 Å². The highest BCUT2D eigenvalue weighted by atomic mass is 16.6. The molecule has 1 heterocycles. The minimum absolute atomic E-state index is 0.436. The van der Waals surface area contributed by atoms with Gasteiger partial charge in [0.15, 0.2) is 5.75 Å². The van der Waals surface area contributed by atoms with Crippen LogP contribution in [0.5, 0.6) is 5.75 Å². The average molecular weight is 406 g/mol. The van der Waals surface area contributed by atoms with Crippen molar-refractivity contribution in [3.8, 4) is 5.75 Å². The van der Waals surface area contributed by atoms with Crippen LogP contribution in [0.1, 0.15) is 17.2 Å². The van der Waals surface area contributed by atoms with Crippen molar-refractivity contribution >= 4 is 27.5 Å². The van der Waals surface area contributed by atoms with Crippen LogP contribution >= 0.6 is 0 Å². The second-order valence-corrected chi connectivity index (χ2v) is 7.55. The Hall–Kier alpha value is -3.89. The first-order valence-electron chi connectivity index (χ1n) is 10.3. The molecule has 0 aliphatic rings. The predicted molar refractivity (Wildman–Crippen MR) is 127 cm³/mol. The summed E-state index contributed by atoms with van der Waals surface area (Å²) in [6, 6.07) is 33.8. The van der Waals surface area contributed by atoms with Crippen molar-refractivity contribution in [2.24, 2.45) is 17.9 Å². The van der Waals surface area contributed by atoms with E-state index >= 15 is 0 Å². The number of nitrogens with two attached hydrogens (primary N) is 1. The number of nitrogens with zero attached hydrogens (tertiary/aromatic N) is 2. The SMILES string of the molecule is Cn1c2ccccc2c2c(C(=NOc3ccccc3)C(N)c3ccccc3)cccc21. The summed E-state index contributed by atoms with van der Waals surface area (Å²) in [6.07, 6.45) is 0. The highest BCUT2D eigenvalue weighted by molar-refractivity contribution is 6.21. The Balaban J connectivity index is 1.73. The van der Waals surface area contributed by atoms with Crippen LogP contribution in [0.4, 0.5) is 0 Å². The van der Waals surface area contributed by atoms with E-state index in [0.29, 0.717) is 11.5 Å². The van der Waals surface area contributed by atoms with E-state index in [-0.39, 0.29) is 0 Å². The number of benzene rings is 4. The normalized spacial score (nSPS) is 12.9. The van der Waals surface area contributed by atoms with Crippen molar-refractivity contribution in [3.63, 3.8) is 0 Å². The molecule has 0 saturated heterocycles. The molecule has 0 aliphatic carbocycles. The molecule has 1 atom stereocenters. The van der Waals surface area contributed by atoms with Crippen LogP contribution in [0.2, 0.25) is 0 Å². The first-order chi connectivity index (χ1) is 15.2. The zero-order chi connectivity index (χ0) is 21.2. The van der Waals surface area contributed by atoms with E-state index in [0.717, 1.165) is 22.0 Å². The standard InChI is InChI=1S/C27H23N3O/c1-30-23-17-9-8-15-21(23)25-22(16-10-18-24(25)30)27(26(28)19-11-4-2-5-12-19)29-31-20-13-6-3-7-14-20/h2-18,26H,28H2,1H3. The van der Waals surface area contributed by atoms with Crippen LogP contribution in [0.25, 0.3) is 21.8 Å². The van der Waals surface area contributed by atoms with Crippen molar-refractivity contribution < 1.29 is 4.84 Å². The third-order valence-electron chi connectivity index (χ3n) is 5.66. The molecular formula is C27H23N3O. The number of aromatic nitrogens is 1. The monoisotopic (exact) mass is 405 g/mol. The maximum absolute atomic E-state index is 6.76. The van der Waals surface area contributed by atoms with Gasteiger partial charge in [-0.15, -0.1) is 0 Å². The summed E-state index contributed by atoms with van der Waals surface area (Å²) < 4.78 is 2.21. The summed E-state index contributed by atoms with van der Waals surface area (Å²) in [5.41, 5.74) is 11.7. The van der Waals surface area contributed by atoms with Crippen LogP contribution < -0.4 is 10.6 Å². The first kappa shape index (κ1) is 19.1. The second-order valence-electron chi connectivity index (χ2n) is 7.55. The third kappa shape index (κ3) is 3.47. The van der Waals surface area contributed by atoms with Crippen molar-refractivity contribution in [3.05, 3.63) is 114 Å². The van der Waals surface area contributed by atoms with Gasteiger partial charge >= 0.3 is 0 Å². The zero-order valence-electron chi connectivity index (χ0n) is 17.3. The lowest BCUT2D eigenvalue weighted by Crippen LogP contribution is -2.23. The van der Waals surface area contributed by atoms with Gasteiger partial charge in [0, 0.05) is 34.4 Å². The molecule has 1 unspecified atom stereocenters. The summed E-state index contributed by atoms with van der Waals surface area (Å²) in [6.45, 7) is 0. The van der Waals surface area contributed by atoms with Crippen molar-refractivity contribution in [2.45, 2.75) is 6.04 Å². The summed E-state index contributed by atoms with van der Waals surface area (Å²) in [7, 11) is 2.09. The van der Waals surface area contributed by atoms with E-state index in [1.54, 1.807) is 0 Å². The summed E-state index contributed by atoms with van der Waals surface area (Å²) in [5, 5.41) is 6.89. The maximum atomic E-state index is 6.76. The van der Waals surface area contributed by atoms with Crippen molar-refractivity contribution in [1.29, 1.82) is 0 Å². The molecule has 5 aromatic rings. The van der Waals surface area contributed by atoms with Crippen LogP contribution in [-0.4, -0.2) is 10.3 Å². The van der Waals surface area contributed by atoms with E-state index in [2.05, 4.69) is 53.2 Å². The Kier molecular flexibility index (Phi) is 4.98. The fourth-order valence-corrected chi connectivity index (χ4v) is 4.10. The molecule has 4 nitrogen and oxygen atoms in total. The average Bonchev–Trinajstić information content (AvgIpc) is 3.13. The Morgan fingerprint density at radius 1 is 0.774 bits per heavy atom. The number of aryl methyl sites for hydroxylation is 1. The molecule has 4 heteroatoms. The molecule has 0 amide bonds. The van der Waals surface area contributed by atoms with Gasteiger partial charge in [-0.05, 0) is 29.8 Å². The van der Waals surface area contributed by atoms with E-state index in [1.807, 2.05) is 66.7 Å². The number of fused-ring (bicyclic) bond motifs is 3. The van der Waals surface area contributed by atoms with Crippen molar-refractivity contribution in [1.82, 2.24) is 4.57 Å². The molecule has 2 N–H and O–H groups in total. The molecule has 4 aromatic carbocycles. The predicted octanol–water partition coefficient (Wildman–Crippen LogP) is 5.81. The maximum Gasteiger partial charge on any atom is 0.157 e. The summed E-state index contributed by atoms with van der Waals surface area (Å²) in [5.74, 6) is 0.672. The molecule has 5 rings (SSSR count). The minimum atomic E-state index is -0.436. The van der Waals surface area contributed by atoms with Gasteiger partial charge in [-0.1, -0.05) is 84.0 Å². The van der Waals surface area contributed by atoms with Gasteiger partial charge in [0.1, 0.15) is 5.71 Å². The first-order valence-corrected chi connectivity index (χ1v) is 10.3. The minimum Gasteiger partial charge on any atom is -0.357 e. The second kappa shape index (κ2) is 8.09. The van der Waals surface area contributed by atoms with E-state index in [4.69, 9.17) is 10.6 Å². The Morgan fingerprint density at radius 3 is 2.19 bits per heavy atom. The van der Waals surface area contributed by atoms with Gasteiger partial charge in [-0.25, -0.2) is 0 Å². The molecular weight excluding hydrogens is 382 g/mol. The molecule has 0 radical (unpaired) electrons. The molecule has 0 aliphatic heterocycles. The molecule has 152 valence electrons. The number of para-hydroxylation sites is 2. The topological polar surface area (TPSA) is 52.5 Å². The van der Waals surface area contributed by atoms with Crippen LogP contribution in [0, 0.1) is 0 Å². The van der Waals surface area contributed by atoms with Gasteiger partial charge in [0.05, 0.1) is 6.04 Å². The number of rotatable bonds is 5. The van der Waals surface area contributed by atoms with E-state index in [1.165, 1.54) is 10.9 Å². The number of oxime groups is 1. The Bertz CT molecular complexity index is 1370.